The van der Waals surface area contributed by atoms with Crippen LogP contribution < -0.4 is 10.5 Å². The Bertz CT molecular complexity index is 993. The van der Waals surface area contributed by atoms with Crippen molar-refractivity contribution in [1.29, 1.82) is 0 Å². The van der Waals surface area contributed by atoms with Crippen LogP contribution in [0.4, 0.5) is 5.69 Å². The van der Waals surface area contributed by atoms with E-state index < -0.39 is 0 Å². The normalized spacial score (nSPS) is 17.8. The van der Waals surface area contributed by atoms with Crippen LogP contribution in [0.2, 0.25) is 0 Å². The highest BCUT2D eigenvalue weighted by Crippen LogP contribution is 2.31. The van der Waals surface area contributed by atoms with Crippen molar-refractivity contribution in [2.75, 3.05) is 11.4 Å². The number of nitrogens with one attached hydrogen (secondary N) is 1. The molecule has 1 N–H and O–H groups in total. The monoisotopic (exact) mass is 403 g/mol. The number of fused-ring (bicyclic) bond motifs is 1. The van der Waals surface area contributed by atoms with Crippen LogP contribution in [0.25, 0.3) is 10.2 Å². The van der Waals surface area contributed by atoms with E-state index in [2.05, 4.69) is 25.9 Å². The molecular formula is C17H14BrN3O2S. The van der Waals surface area contributed by atoms with Crippen molar-refractivity contribution in [3.8, 4) is 0 Å². The number of halogens is 1. The highest BCUT2D eigenvalue weighted by atomic mass is 79.9. The van der Waals surface area contributed by atoms with Crippen molar-refractivity contribution in [3.63, 3.8) is 0 Å². The summed E-state index contributed by atoms with van der Waals surface area (Å²) in [5.74, 6) is 0.551. The topological polar surface area (TPSA) is 66.1 Å². The quantitative estimate of drug-likeness (QED) is 0.710. The van der Waals surface area contributed by atoms with Crippen LogP contribution in [-0.2, 0) is 4.79 Å². The predicted molar refractivity (Wildman–Crippen MR) is 98.8 cm³/mol. The van der Waals surface area contributed by atoms with E-state index in [1.807, 2.05) is 37.3 Å². The van der Waals surface area contributed by atoms with Gasteiger partial charge in [0.25, 0.3) is 5.56 Å². The third kappa shape index (κ3) is 2.67. The maximum absolute atomic E-state index is 12.4. The minimum atomic E-state index is -0.131. The molecule has 5 nitrogen and oxygen atoms in total. The average Bonchev–Trinajstić information content (AvgIpc) is 3.11. The molecule has 0 aliphatic carbocycles. The highest BCUT2D eigenvalue weighted by molar-refractivity contribution is 9.10. The third-order valence-electron chi connectivity index (χ3n) is 4.19. The second-order valence-corrected chi connectivity index (χ2v) is 8.06. The molecule has 2 aromatic heterocycles. The Hall–Kier alpha value is -1.99. The fourth-order valence-corrected chi connectivity index (χ4v) is 4.17. The summed E-state index contributed by atoms with van der Waals surface area (Å²) in [4.78, 5) is 35.6. The number of carbonyl (C=O) groups is 1. The number of H-pyrrole nitrogens is 1. The van der Waals surface area contributed by atoms with Gasteiger partial charge in [-0.3, -0.25) is 9.59 Å². The zero-order valence-corrected chi connectivity index (χ0v) is 15.3. The maximum Gasteiger partial charge on any atom is 0.259 e. The molecule has 24 heavy (non-hydrogen) atoms. The van der Waals surface area contributed by atoms with Crippen LogP contribution in [0.15, 0.2) is 39.6 Å². The lowest BCUT2D eigenvalue weighted by Gasteiger charge is -2.16. The summed E-state index contributed by atoms with van der Waals surface area (Å²) in [5.41, 5.74) is 0.731. The zero-order valence-electron chi connectivity index (χ0n) is 12.9. The Morgan fingerprint density at radius 3 is 2.79 bits per heavy atom. The van der Waals surface area contributed by atoms with E-state index in [1.165, 1.54) is 11.3 Å². The van der Waals surface area contributed by atoms with Gasteiger partial charge >= 0.3 is 0 Å². The van der Waals surface area contributed by atoms with Gasteiger partial charge in [-0.05, 0) is 37.3 Å². The average molecular weight is 404 g/mol. The lowest BCUT2D eigenvalue weighted by atomic mass is 10.1. The molecule has 1 unspecified atom stereocenters. The van der Waals surface area contributed by atoms with Gasteiger partial charge in [0.2, 0.25) is 5.91 Å². The number of amides is 1. The van der Waals surface area contributed by atoms with E-state index in [9.17, 15) is 9.59 Å². The fourth-order valence-electron chi connectivity index (χ4n) is 3.02. The largest absolute Gasteiger partial charge is 0.312 e. The maximum atomic E-state index is 12.4. The Balaban J connectivity index is 1.67. The lowest BCUT2D eigenvalue weighted by Crippen LogP contribution is -2.24. The van der Waals surface area contributed by atoms with Gasteiger partial charge in [0.1, 0.15) is 10.7 Å². The van der Waals surface area contributed by atoms with Crippen LogP contribution in [0, 0.1) is 6.92 Å². The molecular weight excluding hydrogens is 390 g/mol. The molecule has 1 aliphatic heterocycles. The zero-order chi connectivity index (χ0) is 16.8. The van der Waals surface area contributed by atoms with Crippen LogP contribution in [-0.4, -0.2) is 22.4 Å². The van der Waals surface area contributed by atoms with Crippen molar-refractivity contribution < 1.29 is 4.79 Å². The number of hydrogen-bond acceptors (Lipinski definition) is 4. The summed E-state index contributed by atoms with van der Waals surface area (Å²) in [5, 5.41) is 0.621. The number of thiophene rings is 1. The van der Waals surface area contributed by atoms with Crippen molar-refractivity contribution >= 4 is 49.1 Å². The van der Waals surface area contributed by atoms with E-state index in [-0.39, 0.29) is 17.4 Å². The van der Waals surface area contributed by atoms with Crippen LogP contribution in [0.5, 0.6) is 0 Å². The Morgan fingerprint density at radius 1 is 1.29 bits per heavy atom. The van der Waals surface area contributed by atoms with E-state index in [0.717, 1.165) is 19.9 Å². The smallest absolute Gasteiger partial charge is 0.259 e. The van der Waals surface area contributed by atoms with E-state index in [0.29, 0.717) is 24.2 Å². The first-order valence-corrected chi connectivity index (χ1v) is 9.18. The number of anilines is 1. The van der Waals surface area contributed by atoms with E-state index >= 15 is 0 Å². The SMILES string of the molecule is Cc1cc2c(=O)[nH]c(C3CC(=O)N(c4ccc(Br)cc4)C3)nc2s1. The Kier molecular flexibility index (Phi) is 3.77. The van der Waals surface area contributed by atoms with Crippen molar-refractivity contribution in [1.82, 2.24) is 9.97 Å². The molecule has 0 spiro atoms. The predicted octanol–water partition coefficient (Wildman–Crippen LogP) is 3.58. The van der Waals surface area contributed by atoms with Gasteiger partial charge in [-0.25, -0.2) is 4.98 Å². The first-order chi connectivity index (χ1) is 11.5. The molecule has 1 aromatic carbocycles. The summed E-state index contributed by atoms with van der Waals surface area (Å²) < 4.78 is 0.971. The molecule has 1 saturated heterocycles. The second-order valence-electron chi connectivity index (χ2n) is 5.91. The molecule has 1 aliphatic rings. The van der Waals surface area contributed by atoms with E-state index in [4.69, 9.17) is 0 Å². The molecule has 0 bridgehead atoms. The first kappa shape index (κ1) is 15.5. The minimum absolute atomic E-state index is 0.0485. The van der Waals surface area contributed by atoms with Crippen molar-refractivity contribution in [3.05, 3.63) is 55.9 Å². The molecule has 1 fully saturated rings. The number of aromatic amines is 1. The van der Waals surface area contributed by atoms with Gasteiger partial charge in [-0.2, -0.15) is 0 Å². The van der Waals surface area contributed by atoms with Gasteiger partial charge < -0.3 is 9.88 Å². The third-order valence-corrected chi connectivity index (χ3v) is 5.67. The van der Waals surface area contributed by atoms with E-state index in [1.54, 1.807) is 4.90 Å². The molecule has 3 heterocycles. The number of nitrogens with zero attached hydrogens (tertiary/aromatic N) is 2. The lowest BCUT2D eigenvalue weighted by molar-refractivity contribution is -0.117. The Morgan fingerprint density at radius 2 is 2.04 bits per heavy atom. The van der Waals surface area contributed by atoms with Gasteiger partial charge in [-0.15, -0.1) is 11.3 Å². The van der Waals surface area contributed by atoms with Gasteiger partial charge in [-0.1, -0.05) is 15.9 Å². The number of hydrogen-bond donors (Lipinski definition) is 1. The summed E-state index contributed by atoms with van der Waals surface area (Å²) in [6.45, 7) is 2.49. The second kappa shape index (κ2) is 5.82. The molecule has 1 amide bonds. The number of aromatic nitrogens is 2. The number of rotatable bonds is 2. The Labute approximate surface area is 150 Å². The first-order valence-electron chi connectivity index (χ1n) is 7.57. The summed E-state index contributed by atoms with van der Waals surface area (Å²) in [6, 6.07) is 9.50. The van der Waals surface area contributed by atoms with Gasteiger partial charge in [0.05, 0.1) is 5.39 Å². The minimum Gasteiger partial charge on any atom is -0.312 e. The molecule has 4 rings (SSSR count). The van der Waals surface area contributed by atoms with Gasteiger partial charge in [0, 0.05) is 33.9 Å². The molecule has 122 valence electrons. The fraction of sp³-hybridized carbons (Fsp3) is 0.235. The summed E-state index contributed by atoms with van der Waals surface area (Å²) in [6.07, 6.45) is 0.356. The number of carbonyl (C=O) groups excluding carboxylic acids is 1. The van der Waals surface area contributed by atoms with Crippen molar-refractivity contribution in [2.45, 2.75) is 19.3 Å². The number of aryl methyl sites for hydroxylation is 1. The standard InChI is InChI=1S/C17H14BrN3O2S/c1-9-6-13-16(23)19-15(20-17(13)24-9)10-7-14(22)21(8-10)12-4-2-11(18)3-5-12/h2-6,10H,7-8H2,1H3,(H,19,20,23). The molecule has 0 radical (unpaired) electrons. The van der Waals surface area contributed by atoms with Crippen LogP contribution in [0.1, 0.15) is 23.0 Å². The number of benzene rings is 1. The highest BCUT2D eigenvalue weighted by Gasteiger charge is 2.33. The summed E-state index contributed by atoms with van der Waals surface area (Å²) in [7, 11) is 0. The van der Waals surface area contributed by atoms with Gasteiger partial charge in [0.15, 0.2) is 0 Å². The van der Waals surface area contributed by atoms with Crippen LogP contribution in [0.3, 0.4) is 0 Å². The van der Waals surface area contributed by atoms with Crippen molar-refractivity contribution in [2.24, 2.45) is 0 Å². The molecule has 7 heteroatoms. The molecule has 1 atom stereocenters. The molecule has 3 aromatic rings. The summed E-state index contributed by atoms with van der Waals surface area (Å²) >= 11 is 4.90. The van der Waals surface area contributed by atoms with Crippen LogP contribution >= 0.6 is 27.3 Å². The molecule has 0 saturated carbocycles.